The highest BCUT2D eigenvalue weighted by Gasteiger charge is 2.39. The Bertz CT molecular complexity index is 1540. The Morgan fingerprint density at radius 2 is 2.10 bits per heavy atom. The third-order valence-electron chi connectivity index (χ3n) is 6.78. The molecule has 39 heavy (non-hydrogen) atoms. The molecular weight excluding hydrogens is 502 g/mol. The van der Waals surface area contributed by atoms with Crippen molar-refractivity contribution in [2.75, 3.05) is 18.9 Å². The van der Waals surface area contributed by atoms with Crippen LogP contribution in [0.1, 0.15) is 59.6 Å². The average Bonchev–Trinajstić information content (AvgIpc) is 3.59. The quantitative estimate of drug-likeness (QED) is 0.270. The molecule has 0 bridgehead atoms. The largest absolute Gasteiger partial charge is 0.383 e. The molecule has 1 aliphatic rings. The third kappa shape index (κ3) is 4.77. The van der Waals surface area contributed by atoms with Gasteiger partial charge in [0.05, 0.1) is 36.4 Å². The third-order valence-corrected chi connectivity index (χ3v) is 6.78. The topological polar surface area (TPSA) is 178 Å². The van der Waals surface area contributed by atoms with Crippen LogP contribution in [0.2, 0.25) is 0 Å². The van der Waals surface area contributed by atoms with Crippen LogP contribution in [0.5, 0.6) is 0 Å². The van der Waals surface area contributed by atoms with E-state index in [4.69, 9.17) is 15.5 Å². The summed E-state index contributed by atoms with van der Waals surface area (Å²) in [5.74, 6) is -0.227. The number of carbonyl (C=O) groups is 2. The minimum absolute atomic E-state index is 0.133. The number of hydrogen-bond acceptors (Lipinski definition) is 10. The number of aliphatic hydroxyl groups is 1. The highest BCUT2D eigenvalue weighted by molar-refractivity contribution is 6.00. The Kier molecular flexibility index (Phi) is 6.93. The number of nitrogens with one attached hydrogen (secondary N) is 1. The summed E-state index contributed by atoms with van der Waals surface area (Å²) < 4.78 is 6.57. The normalized spacial score (nSPS) is 15.4. The van der Waals surface area contributed by atoms with E-state index >= 15 is 0 Å². The van der Waals surface area contributed by atoms with Gasteiger partial charge in [0.15, 0.2) is 17.0 Å². The lowest BCUT2D eigenvalue weighted by Gasteiger charge is -2.35. The molecule has 4 aromatic heterocycles. The standard InChI is InChI=1S/C26H29N9O4/c1-4-9-34(25(37)23-29-14-30-33-23)15(2)5-7-19-21(16(3)36)22(27)35-24(32-19)18(11-31-35)17-6-8-20(28-10-17)26(38)12-39-13-26/h4,6,8-11,14-15,38H,5,7,12-13,27H2,1-3H3,(H,29,30,33)/b9-4-/t15-/m1/s1. The zero-order chi connectivity index (χ0) is 27.7. The second kappa shape index (κ2) is 10.3. The van der Waals surface area contributed by atoms with E-state index in [9.17, 15) is 14.7 Å². The first kappa shape index (κ1) is 26.1. The maximum atomic E-state index is 12.9. The molecule has 1 aliphatic heterocycles. The van der Waals surface area contributed by atoms with Crippen molar-refractivity contribution in [3.8, 4) is 11.1 Å². The van der Waals surface area contributed by atoms with Gasteiger partial charge in [-0.15, -0.1) is 0 Å². The van der Waals surface area contributed by atoms with Gasteiger partial charge in [0.1, 0.15) is 12.1 Å². The van der Waals surface area contributed by atoms with E-state index in [0.29, 0.717) is 41.0 Å². The molecule has 4 aromatic rings. The second-order valence-corrected chi connectivity index (χ2v) is 9.54. The van der Waals surface area contributed by atoms with Crippen molar-refractivity contribution in [3.63, 3.8) is 0 Å². The monoisotopic (exact) mass is 531 g/mol. The zero-order valence-electron chi connectivity index (χ0n) is 21.8. The summed E-state index contributed by atoms with van der Waals surface area (Å²) in [4.78, 5) is 40.3. The molecule has 0 radical (unpaired) electrons. The smallest absolute Gasteiger partial charge is 0.295 e. The average molecular weight is 532 g/mol. The molecule has 0 saturated carbocycles. The maximum Gasteiger partial charge on any atom is 0.295 e. The lowest BCUT2D eigenvalue weighted by Crippen LogP contribution is -2.47. The Labute approximate surface area is 223 Å². The molecule has 13 nitrogen and oxygen atoms in total. The van der Waals surface area contributed by atoms with Crippen LogP contribution < -0.4 is 5.73 Å². The van der Waals surface area contributed by atoms with E-state index < -0.39 is 5.60 Å². The van der Waals surface area contributed by atoms with E-state index in [2.05, 4.69) is 25.3 Å². The van der Waals surface area contributed by atoms with Gasteiger partial charge >= 0.3 is 0 Å². The highest BCUT2D eigenvalue weighted by atomic mass is 16.5. The number of ketones is 1. The van der Waals surface area contributed by atoms with Crippen LogP contribution in [0.4, 0.5) is 5.82 Å². The van der Waals surface area contributed by atoms with Crippen molar-refractivity contribution in [1.82, 2.24) is 39.7 Å². The van der Waals surface area contributed by atoms with Crippen LogP contribution in [-0.2, 0) is 16.8 Å². The number of nitrogen functional groups attached to an aromatic ring is 1. The van der Waals surface area contributed by atoms with E-state index in [-0.39, 0.29) is 42.6 Å². The fourth-order valence-electron chi connectivity index (χ4n) is 4.59. The molecule has 0 aromatic carbocycles. The van der Waals surface area contributed by atoms with Crippen molar-refractivity contribution < 1.29 is 19.4 Å². The van der Waals surface area contributed by atoms with Crippen molar-refractivity contribution >= 4 is 23.2 Å². The van der Waals surface area contributed by atoms with Gasteiger partial charge in [0.2, 0.25) is 5.82 Å². The maximum absolute atomic E-state index is 12.9. The van der Waals surface area contributed by atoms with Crippen LogP contribution >= 0.6 is 0 Å². The van der Waals surface area contributed by atoms with Gasteiger partial charge in [-0.3, -0.25) is 19.7 Å². The van der Waals surface area contributed by atoms with Crippen molar-refractivity contribution in [2.45, 2.75) is 45.3 Å². The lowest BCUT2D eigenvalue weighted by molar-refractivity contribution is -0.186. The molecule has 4 N–H and O–H groups in total. The highest BCUT2D eigenvalue weighted by Crippen LogP contribution is 2.31. The number of aryl methyl sites for hydroxylation is 1. The molecule has 1 amide bonds. The number of ether oxygens (including phenoxy) is 1. The number of H-pyrrole nitrogens is 1. The summed E-state index contributed by atoms with van der Waals surface area (Å²) in [6.07, 6.45) is 8.87. The molecule has 202 valence electrons. The Morgan fingerprint density at radius 1 is 1.31 bits per heavy atom. The Balaban J connectivity index is 1.46. The molecular formula is C26H29N9O4. The summed E-state index contributed by atoms with van der Waals surface area (Å²) in [6.45, 7) is 5.58. The van der Waals surface area contributed by atoms with Crippen LogP contribution in [-0.4, -0.2) is 75.7 Å². The van der Waals surface area contributed by atoms with Crippen LogP contribution in [0, 0.1) is 0 Å². The number of amides is 1. The van der Waals surface area contributed by atoms with Gasteiger partial charge in [0.25, 0.3) is 5.91 Å². The number of fused-ring (bicyclic) bond motifs is 1. The number of anilines is 1. The fraction of sp³-hybridized carbons (Fsp3) is 0.346. The first-order chi connectivity index (χ1) is 18.7. The Hall–Kier alpha value is -4.49. The van der Waals surface area contributed by atoms with Gasteiger partial charge < -0.3 is 20.5 Å². The van der Waals surface area contributed by atoms with Gasteiger partial charge in [-0.05, 0) is 39.7 Å². The first-order valence-corrected chi connectivity index (χ1v) is 12.5. The molecule has 5 heterocycles. The van der Waals surface area contributed by atoms with Crippen LogP contribution in [0.3, 0.4) is 0 Å². The Morgan fingerprint density at radius 3 is 2.69 bits per heavy atom. The molecule has 1 atom stereocenters. The summed E-state index contributed by atoms with van der Waals surface area (Å²) >= 11 is 0. The van der Waals surface area contributed by atoms with E-state index in [1.54, 1.807) is 35.6 Å². The molecule has 1 saturated heterocycles. The molecule has 13 heteroatoms. The van der Waals surface area contributed by atoms with Crippen LogP contribution in [0.25, 0.3) is 16.8 Å². The minimum Gasteiger partial charge on any atom is -0.383 e. The van der Waals surface area contributed by atoms with Gasteiger partial charge in [-0.1, -0.05) is 12.1 Å². The molecule has 5 rings (SSSR count). The van der Waals surface area contributed by atoms with Gasteiger partial charge in [-0.2, -0.15) is 14.7 Å². The molecule has 1 fully saturated rings. The number of hydrogen-bond donors (Lipinski definition) is 3. The summed E-state index contributed by atoms with van der Waals surface area (Å²) in [5, 5.41) is 21.2. The molecule has 0 spiro atoms. The van der Waals surface area contributed by atoms with Crippen molar-refractivity contribution in [1.29, 1.82) is 0 Å². The van der Waals surface area contributed by atoms with Gasteiger partial charge in [0, 0.05) is 29.6 Å². The number of rotatable bonds is 9. The lowest BCUT2D eigenvalue weighted by atomic mass is 9.96. The van der Waals surface area contributed by atoms with E-state index in [1.165, 1.54) is 17.8 Å². The van der Waals surface area contributed by atoms with E-state index in [1.807, 2.05) is 19.9 Å². The summed E-state index contributed by atoms with van der Waals surface area (Å²) in [6, 6.07) is 3.33. The zero-order valence-corrected chi connectivity index (χ0v) is 21.8. The fourth-order valence-corrected chi connectivity index (χ4v) is 4.59. The number of aromatic nitrogens is 7. The molecule has 0 aliphatic carbocycles. The molecule has 0 unspecified atom stereocenters. The summed E-state index contributed by atoms with van der Waals surface area (Å²) in [5.41, 5.74) is 8.58. The SMILES string of the molecule is C/C=C\N(C(=O)c1ncn[nH]1)[C@H](C)CCc1nc2c(-c3ccc(C4(O)COC4)nc3)cnn2c(N)c1C(C)=O. The number of allylic oxidation sites excluding steroid dienone is 1. The van der Waals surface area contributed by atoms with Gasteiger partial charge in [-0.25, -0.2) is 9.97 Å². The minimum atomic E-state index is -1.07. The summed E-state index contributed by atoms with van der Waals surface area (Å²) in [7, 11) is 0. The second-order valence-electron chi connectivity index (χ2n) is 9.54. The predicted molar refractivity (Wildman–Crippen MR) is 140 cm³/mol. The van der Waals surface area contributed by atoms with Crippen molar-refractivity contribution in [2.24, 2.45) is 0 Å². The number of nitrogens with two attached hydrogens (primary N) is 1. The number of Topliss-reactive ketones (excluding diaryl/α,β-unsaturated/α-hetero) is 1. The number of carbonyl (C=O) groups excluding carboxylic acids is 2. The number of nitrogens with zero attached hydrogens (tertiary/aromatic N) is 7. The number of aromatic amines is 1. The predicted octanol–water partition coefficient (Wildman–Crippen LogP) is 1.91. The number of pyridine rings is 1. The van der Waals surface area contributed by atoms with Crippen molar-refractivity contribution in [3.05, 3.63) is 65.9 Å². The van der Waals surface area contributed by atoms with Crippen LogP contribution in [0.15, 0.2) is 43.1 Å². The first-order valence-electron chi connectivity index (χ1n) is 12.5. The van der Waals surface area contributed by atoms with E-state index in [0.717, 1.165) is 5.56 Å².